The Hall–Kier alpha value is -0.410. The van der Waals surface area contributed by atoms with Gasteiger partial charge in [-0.3, -0.25) is 0 Å². The number of nitrogens with one attached hydrogen (secondary N) is 1. The minimum Gasteiger partial charge on any atom is -0.380 e. The number of rotatable bonds is 3. The van der Waals surface area contributed by atoms with Gasteiger partial charge < -0.3 is 5.32 Å². The van der Waals surface area contributed by atoms with E-state index in [-0.39, 0.29) is 0 Å². The van der Waals surface area contributed by atoms with Crippen molar-refractivity contribution in [2.24, 2.45) is 0 Å². The monoisotopic (exact) mass is 377 g/mol. The Labute approximate surface area is 136 Å². The van der Waals surface area contributed by atoms with Crippen molar-refractivity contribution in [3.05, 3.63) is 61.0 Å². The SMILES string of the molecule is Cc1cc(Br)c(NCc2cc(Cl)cc(Cl)c2)cc1Cl. The van der Waals surface area contributed by atoms with Gasteiger partial charge in [-0.05, 0) is 64.3 Å². The standard InChI is InChI=1S/C14H11BrCl3N/c1-8-2-12(15)14(6-13(8)18)19-7-9-3-10(16)5-11(17)4-9/h2-6,19H,7H2,1H3. The van der Waals surface area contributed by atoms with Gasteiger partial charge in [0.15, 0.2) is 0 Å². The largest absolute Gasteiger partial charge is 0.380 e. The molecule has 2 aromatic carbocycles. The van der Waals surface area contributed by atoms with Crippen LogP contribution in [-0.2, 0) is 6.54 Å². The minimum atomic E-state index is 0.623. The predicted octanol–water partition coefficient (Wildman–Crippen LogP) is 6.33. The first-order valence-corrected chi connectivity index (χ1v) is 7.53. The number of anilines is 1. The lowest BCUT2D eigenvalue weighted by Gasteiger charge is -2.11. The number of aryl methyl sites for hydroxylation is 1. The zero-order chi connectivity index (χ0) is 14.0. The average Bonchev–Trinajstić information content (AvgIpc) is 2.31. The Morgan fingerprint density at radius 3 is 2.26 bits per heavy atom. The molecule has 0 aromatic heterocycles. The van der Waals surface area contributed by atoms with Crippen molar-refractivity contribution < 1.29 is 0 Å². The van der Waals surface area contributed by atoms with E-state index in [1.807, 2.05) is 31.2 Å². The van der Waals surface area contributed by atoms with Gasteiger partial charge in [-0.15, -0.1) is 0 Å². The van der Waals surface area contributed by atoms with Gasteiger partial charge in [0.25, 0.3) is 0 Å². The quantitative estimate of drug-likeness (QED) is 0.657. The molecule has 5 heteroatoms. The van der Waals surface area contributed by atoms with Crippen LogP contribution in [0.4, 0.5) is 5.69 Å². The zero-order valence-corrected chi connectivity index (χ0v) is 14.0. The second-order valence-electron chi connectivity index (χ2n) is 4.21. The topological polar surface area (TPSA) is 12.0 Å². The van der Waals surface area contributed by atoms with Gasteiger partial charge in [0.05, 0.1) is 5.69 Å². The first-order valence-electron chi connectivity index (χ1n) is 5.60. The molecule has 2 rings (SSSR count). The fraction of sp³-hybridized carbons (Fsp3) is 0.143. The first kappa shape index (κ1) is 15.0. The molecule has 0 saturated carbocycles. The molecule has 100 valence electrons. The molecule has 19 heavy (non-hydrogen) atoms. The highest BCUT2D eigenvalue weighted by molar-refractivity contribution is 9.10. The maximum Gasteiger partial charge on any atom is 0.0502 e. The molecule has 0 bridgehead atoms. The van der Waals surface area contributed by atoms with Crippen molar-refractivity contribution in [1.82, 2.24) is 0 Å². The van der Waals surface area contributed by atoms with Crippen LogP contribution in [-0.4, -0.2) is 0 Å². The van der Waals surface area contributed by atoms with E-state index in [2.05, 4.69) is 21.2 Å². The van der Waals surface area contributed by atoms with Crippen LogP contribution in [0, 0.1) is 6.92 Å². The van der Waals surface area contributed by atoms with Crippen LogP contribution in [0.5, 0.6) is 0 Å². The van der Waals surface area contributed by atoms with Gasteiger partial charge in [-0.2, -0.15) is 0 Å². The molecule has 0 heterocycles. The summed E-state index contributed by atoms with van der Waals surface area (Å²) in [5, 5.41) is 5.29. The van der Waals surface area contributed by atoms with Crippen LogP contribution >= 0.6 is 50.7 Å². The molecule has 0 unspecified atom stereocenters. The van der Waals surface area contributed by atoms with Gasteiger partial charge in [0, 0.05) is 26.1 Å². The molecule has 0 radical (unpaired) electrons. The van der Waals surface area contributed by atoms with Crippen LogP contribution in [0.3, 0.4) is 0 Å². The molecule has 0 amide bonds. The van der Waals surface area contributed by atoms with Crippen molar-refractivity contribution in [3.8, 4) is 0 Å². The summed E-state index contributed by atoms with van der Waals surface area (Å²) in [6.07, 6.45) is 0. The number of halogens is 4. The molecule has 0 fully saturated rings. The van der Waals surface area contributed by atoms with Crippen LogP contribution in [0.2, 0.25) is 15.1 Å². The van der Waals surface area contributed by atoms with E-state index >= 15 is 0 Å². The highest BCUT2D eigenvalue weighted by atomic mass is 79.9. The first-order chi connectivity index (χ1) is 8.95. The molecular weight excluding hydrogens is 368 g/mol. The van der Waals surface area contributed by atoms with Crippen molar-refractivity contribution >= 4 is 56.4 Å². The van der Waals surface area contributed by atoms with Gasteiger partial charge in [0.2, 0.25) is 0 Å². The zero-order valence-electron chi connectivity index (χ0n) is 10.1. The lowest BCUT2D eigenvalue weighted by atomic mass is 10.2. The second kappa shape index (κ2) is 6.36. The van der Waals surface area contributed by atoms with E-state index in [1.54, 1.807) is 6.07 Å². The molecule has 1 N–H and O–H groups in total. The summed E-state index contributed by atoms with van der Waals surface area (Å²) in [5.74, 6) is 0. The van der Waals surface area contributed by atoms with E-state index < -0.39 is 0 Å². The van der Waals surface area contributed by atoms with Gasteiger partial charge >= 0.3 is 0 Å². The van der Waals surface area contributed by atoms with E-state index in [0.717, 1.165) is 26.3 Å². The lowest BCUT2D eigenvalue weighted by molar-refractivity contribution is 1.14. The highest BCUT2D eigenvalue weighted by Gasteiger charge is 2.05. The predicted molar refractivity (Wildman–Crippen MR) is 87.7 cm³/mol. The normalized spacial score (nSPS) is 10.6. The van der Waals surface area contributed by atoms with Crippen LogP contribution in [0.15, 0.2) is 34.8 Å². The summed E-state index contributed by atoms with van der Waals surface area (Å²) >= 11 is 21.6. The van der Waals surface area contributed by atoms with Crippen LogP contribution in [0.25, 0.3) is 0 Å². The van der Waals surface area contributed by atoms with Crippen molar-refractivity contribution in [3.63, 3.8) is 0 Å². The van der Waals surface area contributed by atoms with E-state index in [4.69, 9.17) is 34.8 Å². The number of benzene rings is 2. The van der Waals surface area contributed by atoms with E-state index in [9.17, 15) is 0 Å². The fourth-order valence-corrected chi connectivity index (χ4v) is 3.02. The summed E-state index contributed by atoms with van der Waals surface area (Å²) in [7, 11) is 0. The van der Waals surface area contributed by atoms with Crippen molar-refractivity contribution in [1.29, 1.82) is 0 Å². The summed E-state index contributed by atoms with van der Waals surface area (Å²) in [6.45, 7) is 2.59. The summed E-state index contributed by atoms with van der Waals surface area (Å²) in [4.78, 5) is 0. The highest BCUT2D eigenvalue weighted by Crippen LogP contribution is 2.30. The minimum absolute atomic E-state index is 0.623. The number of hydrogen-bond acceptors (Lipinski definition) is 1. The second-order valence-corrected chi connectivity index (χ2v) is 6.35. The maximum absolute atomic E-state index is 6.11. The molecule has 0 spiro atoms. The third-order valence-electron chi connectivity index (χ3n) is 2.65. The smallest absolute Gasteiger partial charge is 0.0502 e. The van der Waals surface area contributed by atoms with Gasteiger partial charge in [0.1, 0.15) is 0 Å². The average molecular weight is 380 g/mol. The summed E-state index contributed by atoms with van der Waals surface area (Å²) in [5.41, 5.74) is 2.98. The summed E-state index contributed by atoms with van der Waals surface area (Å²) < 4.78 is 0.975. The molecule has 2 aromatic rings. The Bertz CT molecular complexity index is 594. The van der Waals surface area contributed by atoms with Crippen molar-refractivity contribution in [2.75, 3.05) is 5.32 Å². The van der Waals surface area contributed by atoms with Gasteiger partial charge in [-0.25, -0.2) is 0 Å². The fourth-order valence-electron chi connectivity index (χ4n) is 1.69. The molecule has 0 atom stereocenters. The van der Waals surface area contributed by atoms with Crippen LogP contribution in [0.1, 0.15) is 11.1 Å². The third kappa shape index (κ3) is 4.03. The molecule has 1 nitrogen and oxygen atoms in total. The molecule has 0 saturated heterocycles. The van der Waals surface area contributed by atoms with Gasteiger partial charge in [-0.1, -0.05) is 34.8 Å². The van der Waals surface area contributed by atoms with Crippen molar-refractivity contribution in [2.45, 2.75) is 13.5 Å². The maximum atomic E-state index is 6.11. The van der Waals surface area contributed by atoms with E-state index in [1.165, 1.54) is 0 Å². The summed E-state index contributed by atoms with van der Waals surface area (Å²) in [6, 6.07) is 9.35. The Kier molecular flexibility index (Phi) is 5.02. The molecule has 0 aliphatic rings. The Morgan fingerprint density at radius 1 is 1.00 bits per heavy atom. The molecule has 0 aliphatic carbocycles. The number of hydrogen-bond donors (Lipinski definition) is 1. The van der Waals surface area contributed by atoms with Crippen LogP contribution < -0.4 is 5.32 Å². The third-order valence-corrected chi connectivity index (χ3v) is 4.15. The molecular formula is C14H11BrCl3N. The molecule has 0 aliphatic heterocycles. The lowest BCUT2D eigenvalue weighted by Crippen LogP contribution is -2.00. The van der Waals surface area contributed by atoms with E-state index in [0.29, 0.717) is 16.6 Å². The Balaban J connectivity index is 2.16. The Morgan fingerprint density at radius 2 is 1.63 bits per heavy atom.